The lowest BCUT2D eigenvalue weighted by Gasteiger charge is -2.13. The van der Waals surface area contributed by atoms with Crippen molar-refractivity contribution in [3.8, 4) is 11.5 Å². The Balaban J connectivity index is 1.66. The third-order valence-corrected chi connectivity index (χ3v) is 4.07. The smallest absolute Gasteiger partial charge is 0.271 e. The highest BCUT2D eigenvalue weighted by molar-refractivity contribution is 5.94. The van der Waals surface area contributed by atoms with Gasteiger partial charge in [0.1, 0.15) is 6.61 Å². The van der Waals surface area contributed by atoms with E-state index in [0.29, 0.717) is 30.3 Å². The van der Waals surface area contributed by atoms with Crippen molar-refractivity contribution in [3.05, 3.63) is 89.2 Å². The quantitative estimate of drug-likeness (QED) is 0.464. The Labute approximate surface area is 170 Å². The van der Waals surface area contributed by atoms with Crippen molar-refractivity contribution in [2.75, 3.05) is 6.61 Å². The molecule has 0 aliphatic rings. The Morgan fingerprint density at radius 2 is 1.90 bits per heavy atom. The Bertz CT molecular complexity index is 988. The van der Waals surface area contributed by atoms with Gasteiger partial charge in [0.05, 0.1) is 12.8 Å². The molecule has 3 aromatic rings. The van der Waals surface area contributed by atoms with E-state index < -0.39 is 0 Å². The molecule has 0 unspecified atom stereocenters. The molecule has 6 heteroatoms. The molecule has 0 fully saturated rings. The van der Waals surface area contributed by atoms with Gasteiger partial charge in [-0.05, 0) is 55.3 Å². The number of rotatable bonds is 8. The van der Waals surface area contributed by atoms with Gasteiger partial charge in [0.25, 0.3) is 5.91 Å². The molecule has 0 radical (unpaired) electrons. The van der Waals surface area contributed by atoms with Gasteiger partial charge in [-0.25, -0.2) is 5.43 Å². The van der Waals surface area contributed by atoms with Crippen LogP contribution >= 0.6 is 0 Å². The average Bonchev–Trinajstić information content (AvgIpc) is 2.74. The molecule has 2 aromatic carbocycles. The summed E-state index contributed by atoms with van der Waals surface area (Å²) in [7, 11) is 0. The summed E-state index contributed by atoms with van der Waals surface area (Å²) in [6.07, 6.45) is 4.68. The molecule has 0 atom stereocenters. The first kappa shape index (κ1) is 20.1. The predicted octanol–water partition coefficient (Wildman–Crippen LogP) is 4.13. The number of hydrogen-bond acceptors (Lipinski definition) is 5. The summed E-state index contributed by atoms with van der Waals surface area (Å²) >= 11 is 0. The standard InChI is InChI=1S/C23H23N3O3/c1-3-28-22-14-18(15-25-26-23(27)20-9-11-24-12-10-20)7-8-21(22)29-16-19-6-4-5-17(2)13-19/h4-15H,3,16H2,1-2H3,(H,26,27)/b25-15+. The van der Waals surface area contributed by atoms with E-state index in [2.05, 4.69) is 34.6 Å². The van der Waals surface area contributed by atoms with Gasteiger partial charge in [-0.3, -0.25) is 9.78 Å². The van der Waals surface area contributed by atoms with Crippen LogP contribution in [0.3, 0.4) is 0 Å². The summed E-state index contributed by atoms with van der Waals surface area (Å²) in [5, 5.41) is 4.01. The first-order valence-corrected chi connectivity index (χ1v) is 9.34. The zero-order valence-corrected chi connectivity index (χ0v) is 16.5. The third-order valence-electron chi connectivity index (χ3n) is 4.07. The summed E-state index contributed by atoms with van der Waals surface area (Å²) < 4.78 is 11.6. The molecule has 0 saturated carbocycles. The second-order valence-corrected chi connectivity index (χ2v) is 6.35. The van der Waals surface area contributed by atoms with E-state index in [1.807, 2.05) is 37.3 Å². The normalized spacial score (nSPS) is 10.7. The first-order chi connectivity index (χ1) is 14.2. The molecular formula is C23H23N3O3. The van der Waals surface area contributed by atoms with Gasteiger partial charge in [-0.2, -0.15) is 5.10 Å². The molecule has 3 rings (SSSR count). The molecule has 148 valence electrons. The first-order valence-electron chi connectivity index (χ1n) is 9.34. The van der Waals surface area contributed by atoms with Crippen molar-refractivity contribution in [1.29, 1.82) is 0 Å². The molecule has 0 bridgehead atoms. The van der Waals surface area contributed by atoms with Crippen molar-refractivity contribution in [1.82, 2.24) is 10.4 Å². The summed E-state index contributed by atoms with van der Waals surface area (Å²) in [5.41, 5.74) is 6.06. The van der Waals surface area contributed by atoms with E-state index in [4.69, 9.17) is 9.47 Å². The number of ether oxygens (including phenoxy) is 2. The van der Waals surface area contributed by atoms with Crippen LogP contribution in [0, 0.1) is 6.92 Å². The Morgan fingerprint density at radius 1 is 1.07 bits per heavy atom. The fraction of sp³-hybridized carbons (Fsp3) is 0.174. The number of amides is 1. The van der Waals surface area contributed by atoms with E-state index in [0.717, 1.165) is 11.1 Å². The van der Waals surface area contributed by atoms with Crippen LogP contribution in [0.1, 0.15) is 34.0 Å². The molecule has 1 aromatic heterocycles. The molecule has 6 nitrogen and oxygen atoms in total. The molecule has 1 heterocycles. The molecule has 29 heavy (non-hydrogen) atoms. The number of aryl methyl sites for hydroxylation is 1. The van der Waals surface area contributed by atoms with Gasteiger partial charge in [0.2, 0.25) is 0 Å². The molecule has 0 spiro atoms. The summed E-state index contributed by atoms with van der Waals surface area (Å²) in [5.74, 6) is 0.989. The number of nitrogens with zero attached hydrogens (tertiary/aromatic N) is 2. The Hall–Kier alpha value is -3.67. The van der Waals surface area contributed by atoms with Gasteiger partial charge < -0.3 is 9.47 Å². The van der Waals surface area contributed by atoms with E-state index >= 15 is 0 Å². The molecule has 0 aliphatic carbocycles. The zero-order valence-electron chi connectivity index (χ0n) is 16.5. The van der Waals surface area contributed by atoms with Crippen LogP contribution < -0.4 is 14.9 Å². The predicted molar refractivity (Wildman–Crippen MR) is 112 cm³/mol. The third kappa shape index (κ3) is 5.90. The second kappa shape index (κ2) is 10.0. The average molecular weight is 389 g/mol. The van der Waals surface area contributed by atoms with Crippen LogP contribution in [0.15, 0.2) is 72.1 Å². The number of benzene rings is 2. The minimum atomic E-state index is -0.299. The van der Waals surface area contributed by atoms with Crippen LogP contribution in [-0.2, 0) is 6.61 Å². The molecule has 0 aliphatic heterocycles. The second-order valence-electron chi connectivity index (χ2n) is 6.35. The fourth-order valence-electron chi connectivity index (χ4n) is 2.69. The monoisotopic (exact) mass is 389 g/mol. The number of carbonyl (C=O) groups excluding carboxylic acids is 1. The SMILES string of the molecule is CCOc1cc(/C=N/NC(=O)c2ccncc2)ccc1OCc1cccc(C)c1. The highest BCUT2D eigenvalue weighted by atomic mass is 16.5. The number of pyridine rings is 1. The summed E-state index contributed by atoms with van der Waals surface area (Å²) in [6.45, 7) is 4.94. The van der Waals surface area contributed by atoms with Crippen molar-refractivity contribution in [2.45, 2.75) is 20.5 Å². The largest absolute Gasteiger partial charge is 0.490 e. The van der Waals surface area contributed by atoms with Gasteiger partial charge in [-0.15, -0.1) is 0 Å². The Morgan fingerprint density at radius 3 is 2.66 bits per heavy atom. The van der Waals surface area contributed by atoms with Gasteiger partial charge in [0.15, 0.2) is 11.5 Å². The minimum absolute atomic E-state index is 0.299. The maximum Gasteiger partial charge on any atom is 0.271 e. The van der Waals surface area contributed by atoms with Crippen LogP contribution in [0.4, 0.5) is 0 Å². The van der Waals surface area contributed by atoms with E-state index in [9.17, 15) is 4.79 Å². The van der Waals surface area contributed by atoms with Crippen molar-refractivity contribution < 1.29 is 14.3 Å². The lowest BCUT2D eigenvalue weighted by atomic mass is 10.1. The van der Waals surface area contributed by atoms with Crippen molar-refractivity contribution in [2.24, 2.45) is 5.10 Å². The van der Waals surface area contributed by atoms with Gasteiger partial charge in [0, 0.05) is 18.0 Å². The number of hydrogen-bond donors (Lipinski definition) is 1. The maximum absolute atomic E-state index is 12.0. The Kier molecular flexibility index (Phi) is 6.95. The number of aromatic nitrogens is 1. The van der Waals surface area contributed by atoms with Gasteiger partial charge >= 0.3 is 0 Å². The van der Waals surface area contributed by atoms with E-state index in [1.165, 1.54) is 5.56 Å². The number of nitrogens with one attached hydrogen (secondary N) is 1. The van der Waals surface area contributed by atoms with Crippen molar-refractivity contribution in [3.63, 3.8) is 0 Å². The lowest BCUT2D eigenvalue weighted by Crippen LogP contribution is -2.17. The van der Waals surface area contributed by atoms with Crippen LogP contribution in [0.5, 0.6) is 11.5 Å². The van der Waals surface area contributed by atoms with E-state index in [-0.39, 0.29) is 5.91 Å². The van der Waals surface area contributed by atoms with Gasteiger partial charge in [-0.1, -0.05) is 29.8 Å². The van der Waals surface area contributed by atoms with E-state index in [1.54, 1.807) is 30.7 Å². The summed E-state index contributed by atoms with van der Waals surface area (Å²) in [4.78, 5) is 15.9. The molecule has 1 N–H and O–H groups in total. The molecule has 0 saturated heterocycles. The minimum Gasteiger partial charge on any atom is -0.490 e. The van der Waals surface area contributed by atoms with Crippen LogP contribution in [-0.4, -0.2) is 23.7 Å². The number of carbonyl (C=O) groups is 1. The molecule has 1 amide bonds. The fourth-order valence-corrected chi connectivity index (χ4v) is 2.69. The zero-order chi connectivity index (χ0) is 20.5. The summed E-state index contributed by atoms with van der Waals surface area (Å²) in [6, 6.07) is 17.0. The topological polar surface area (TPSA) is 72.8 Å². The lowest BCUT2D eigenvalue weighted by molar-refractivity contribution is 0.0955. The molecular weight excluding hydrogens is 366 g/mol. The van der Waals surface area contributed by atoms with Crippen LogP contribution in [0.2, 0.25) is 0 Å². The highest BCUT2D eigenvalue weighted by Gasteiger charge is 2.07. The van der Waals surface area contributed by atoms with Crippen LogP contribution in [0.25, 0.3) is 0 Å². The van der Waals surface area contributed by atoms with Crippen molar-refractivity contribution >= 4 is 12.1 Å². The highest BCUT2D eigenvalue weighted by Crippen LogP contribution is 2.29. The maximum atomic E-state index is 12.0. The number of hydrazone groups is 1.